The Bertz CT molecular complexity index is 17.6. The van der Waals surface area contributed by atoms with Gasteiger partial charge in [0.2, 0.25) is 0 Å². The third-order valence-corrected chi connectivity index (χ3v) is 0.816. The van der Waals surface area contributed by atoms with Gasteiger partial charge in [0.15, 0.2) is 0 Å². The van der Waals surface area contributed by atoms with Crippen molar-refractivity contribution in [2.24, 2.45) is 0 Å². The molecule has 5 heavy (non-hydrogen) atoms. The molecule has 1 unspecified atom stereocenters. The maximum absolute atomic E-state index is 2.22. The van der Waals surface area contributed by atoms with Gasteiger partial charge in [-0.05, 0) is 0 Å². The zero-order valence-electron chi connectivity index (χ0n) is 4.28. The average molecular weight is 70.1 g/mol. The molecular formula is C4H9Li. The molecule has 0 saturated heterocycles. The quantitative estimate of drug-likeness (QED) is 0.409. The maximum atomic E-state index is 2.22. The fourth-order valence-electron chi connectivity index (χ4n) is 0. The van der Waals surface area contributed by atoms with Crippen molar-refractivity contribution < 1.29 is 0 Å². The molecule has 0 bridgehead atoms. The molecule has 0 spiro atoms. The first-order chi connectivity index (χ1) is 2.27. The summed E-state index contributed by atoms with van der Waals surface area (Å²) in [6, 6.07) is 0. The number of rotatable bonds is 1. The molecule has 0 aliphatic rings. The van der Waals surface area contributed by atoms with Crippen LogP contribution >= 0.6 is 0 Å². The molecule has 0 rings (SSSR count). The summed E-state index contributed by atoms with van der Waals surface area (Å²) in [4.78, 5) is 0. The first-order valence-corrected chi connectivity index (χ1v) is 2.27. The van der Waals surface area contributed by atoms with E-state index in [-0.39, 0.29) is 0 Å². The van der Waals surface area contributed by atoms with E-state index in [0.717, 1.165) is 4.59 Å². The summed E-state index contributed by atoms with van der Waals surface area (Å²) in [5, 5.41) is 0. The van der Waals surface area contributed by atoms with Crippen LogP contribution in [0.3, 0.4) is 0 Å². The molecule has 0 aliphatic heterocycles. The number of hydrogen-bond acceptors (Lipinski definition) is 0. The van der Waals surface area contributed by atoms with Crippen LogP contribution in [0.1, 0.15) is 20.3 Å². The second kappa shape index (κ2) is 2.81. The van der Waals surface area contributed by atoms with Crippen LogP contribution in [0.5, 0.6) is 0 Å². The Balaban J connectivity index is 2.54. The molecule has 1 heteroatoms. The third kappa shape index (κ3) is 4.60. The molecule has 0 aromatic rings. The van der Waals surface area contributed by atoms with Crippen LogP contribution in [-0.4, -0.2) is 17.7 Å². The molecule has 0 aromatic heterocycles. The van der Waals surface area contributed by atoms with Crippen LogP contribution in [0.2, 0.25) is 4.59 Å². The Morgan fingerprint density at radius 2 is 2.00 bits per heavy atom. The molecule has 0 aliphatic carbocycles. The fourth-order valence-corrected chi connectivity index (χ4v) is 0. The van der Waals surface area contributed by atoms with Crippen molar-refractivity contribution in [2.45, 2.75) is 24.9 Å². The molecular weight excluding hydrogens is 61.0 g/mol. The topological polar surface area (TPSA) is 0 Å². The SMILES string of the molecule is [13Li][CH](C)CC. The molecule has 0 nitrogen and oxygen atoms in total. The molecule has 0 saturated carbocycles. The Morgan fingerprint density at radius 3 is 2.00 bits per heavy atom. The first kappa shape index (κ1) is 5.60. The van der Waals surface area contributed by atoms with E-state index in [0.29, 0.717) is 0 Å². The van der Waals surface area contributed by atoms with Crippen molar-refractivity contribution >= 4 is 17.7 Å². The minimum absolute atomic E-state index is 0.884. The van der Waals surface area contributed by atoms with E-state index in [2.05, 4.69) is 31.6 Å². The van der Waals surface area contributed by atoms with Gasteiger partial charge in [-0.15, -0.1) is 0 Å². The zero-order chi connectivity index (χ0) is 4.28. The first-order valence-electron chi connectivity index (χ1n) is 2.27. The summed E-state index contributed by atoms with van der Waals surface area (Å²) in [6.07, 6.45) is 1.31. The van der Waals surface area contributed by atoms with Gasteiger partial charge in [0.1, 0.15) is 0 Å². The van der Waals surface area contributed by atoms with E-state index in [1.807, 2.05) is 0 Å². The monoisotopic (exact) mass is 70.1 g/mol. The van der Waals surface area contributed by atoms with E-state index < -0.39 is 0 Å². The van der Waals surface area contributed by atoms with Gasteiger partial charge in [0.05, 0.1) is 0 Å². The van der Waals surface area contributed by atoms with Crippen LogP contribution in [0.4, 0.5) is 0 Å². The summed E-state index contributed by atoms with van der Waals surface area (Å²) >= 11 is 2.22. The summed E-state index contributed by atoms with van der Waals surface area (Å²) in [5.74, 6) is 0. The van der Waals surface area contributed by atoms with E-state index in [1.54, 1.807) is 0 Å². The van der Waals surface area contributed by atoms with Gasteiger partial charge < -0.3 is 0 Å². The van der Waals surface area contributed by atoms with Gasteiger partial charge in [0, 0.05) is 0 Å². The minimum atomic E-state index is 0.884. The van der Waals surface area contributed by atoms with Gasteiger partial charge >= 0.3 is 42.6 Å². The van der Waals surface area contributed by atoms with Gasteiger partial charge in [-0.1, -0.05) is 0 Å². The van der Waals surface area contributed by atoms with Crippen molar-refractivity contribution in [2.75, 3.05) is 0 Å². The Kier molecular flexibility index (Phi) is 3.15. The van der Waals surface area contributed by atoms with Crippen LogP contribution < -0.4 is 0 Å². The van der Waals surface area contributed by atoms with Crippen molar-refractivity contribution in [3.8, 4) is 0 Å². The van der Waals surface area contributed by atoms with Gasteiger partial charge in [0.25, 0.3) is 0 Å². The molecule has 0 amide bonds. The molecule has 0 aromatic carbocycles. The zero-order valence-corrected chi connectivity index (χ0v) is 4.28. The van der Waals surface area contributed by atoms with Gasteiger partial charge in [-0.25, -0.2) is 0 Å². The Morgan fingerprint density at radius 1 is 1.80 bits per heavy atom. The van der Waals surface area contributed by atoms with Crippen molar-refractivity contribution in [3.05, 3.63) is 0 Å². The molecule has 1 atom stereocenters. The predicted molar refractivity (Wildman–Crippen MR) is 25.5 cm³/mol. The number of hydrogen-bond donors (Lipinski definition) is 0. The predicted octanol–water partition coefficient (Wildman–Crippen LogP) is 1.37. The van der Waals surface area contributed by atoms with E-state index in [9.17, 15) is 0 Å². The van der Waals surface area contributed by atoms with Crippen molar-refractivity contribution in [3.63, 3.8) is 0 Å². The second-order valence-corrected chi connectivity index (χ2v) is 1.80. The van der Waals surface area contributed by atoms with Crippen LogP contribution in [0, 0.1) is 0 Å². The molecule has 26 valence electrons. The van der Waals surface area contributed by atoms with Gasteiger partial charge in [-0.2, -0.15) is 0 Å². The molecule has 0 radical (unpaired) electrons. The summed E-state index contributed by atoms with van der Waals surface area (Å²) in [5.41, 5.74) is 0. The van der Waals surface area contributed by atoms with Crippen molar-refractivity contribution in [1.29, 1.82) is 0 Å². The molecule has 0 heterocycles. The Labute approximate surface area is 43.2 Å². The molecule has 0 N–H and O–H groups in total. The third-order valence-electron chi connectivity index (χ3n) is 0.816. The van der Waals surface area contributed by atoms with E-state index in [1.165, 1.54) is 6.42 Å². The standard InChI is InChI=1S/C4H9.Li/c1-3-4-2;/h3H,4H2,1-2H3;/i;1+6. The summed E-state index contributed by atoms with van der Waals surface area (Å²) < 4.78 is 0.884. The van der Waals surface area contributed by atoms with Crippen molar-refractivity contribution in [1.82, 2.24) is 0 Å². The van der Waals surface area contributed by atoms with Gasteiger partial charge in [-0.3, -0.25) is 0 Å². The van der Waals surface area contributed by atoms with E-state index in [4.69, 9.17) is 0 Å². The fraction of sp³-hybridized carbons (Fsp3) is 1.00. The van der Waals surface area contributed by atoms with E-state index >= 15 is 0 Å². The summed E-state index contributed by atoms with van der Waals surface area (Å²) in [6.45, 7) is 4.42. The normalized spacial score (nSPS) is 15.2. The van der Waals surface area contributed by atoms with Crippen LogP contribution in [0.25, 0.3) is 0 Å². The Hall–Kier alpha value is 0.597. The average Bonchev–Trinajstić information content (AvgIpc) is 1.38. The van der Waals surface area contributed by atoms with Crippen LogP contribution in [-0.2, 0) is 0 Å². The molecule has 0 fully saturated rings. The van der Waals surface area contributed by atoms with Crippen LogP contribution in [0.15, 0.2) is 0 Å². The second-order valence-electron chi connectivity index (χ2n) is 1.80. The summed E-state index contributed by atoms with van der Waals surface area (Å²) in [7, 11) is 0.